The highest BCUT2D eigenvalue weighted by atomic mass is 16.5. The second-order valence-corrected chi connectivity index (χ2v) is 6.13. The lowest BCUT2D eigenvalue weighted by molar-refractivity contribution is -0.0847. The van der Waals surface area contributed by atoms with Crippen LogP contribution in [0.15, 0.2) is 54.6 Å². The molecule has 0 amide bonds. The fourth-order valence-corrected chi connectivity index (χ4v) is 3.33. The smallest absolute Gasteiger partial charge is 0.123 e. The van der Waals surface area contributed by atoms with Gasteiger partial charge >= 0.3 is 0 Å². The minimum atomic E-state index is -0.714. The molecule has 0 saturated heterocycles. The molecular formula is C21H24O4. The Morgan fingerprint density at radius 3 is 2.68 bits per heavy atom. The molecule has 0 bridgehead atoms. The molecule has 2 aromatic carbocycles. The zero-order valence-electron chi connectivity index (χ0n) is 14.6. The predicted molar refractivity (Wildman–Crippen MR) is 97.7 cm³/mol. The molecular weight excluding hydrogens is 316 g/mol. The Morgan fingerprint density at radius 2 is 1.96 bits per heavy atom. The summed E-state index contributed by atoms with van der Waals surface area (Å²) in [6, 6.07) is 16.0. The lowest BCUT2D eigenvalue weighted by atomic mass is 9.84. The maximum absolute atomic E-state index is 10.5. The van der Waals surface area contributed by atoms with Gasteiger partial charge in [0.1, 0.15) is 11.9 Å². The second-order valence-electron chi connectivity index (χ2n) is 6.13. The normalized spacial score (nSPS) is 21.1. The van der Waals surface area contributed by atoms with Gasteiger partial charge in [-0.05, 0) is 17.2 Å². The van der Waals surface area contributed by atoms with Crippen LogP contribution in [0.4, 0.5) is 0 Å². The molecule has 1 N–H and O–H groups in total. The fourth-order valence-electron chi connectivity index (χ4n) is 3.33. The molecule has 0 spiro atoms. The van der Waals surface area contributed by atoms with E-state index < -0.39 is 6.10 Å². The Morgan fingerprint density at radius 1 is 1.16 bits per heavy atom. The van der Waals surface area contributed by atoms with E-state index in [4.69, 9.17) is 14.2 Å². The topological polar surface area (TPSA) is 47.9 Å². The van der Waals surface area contributed by atoms with Crippen molar-refractivity contribution in [3.63, 3.8) is 0 Å². The van der Waals surface area contributed by atoms with Crippen LogP contribution in [0.1, 0.15) is 22.6 Å². The Labute approximate surface area is 148 Å². The number of ether oxygens (including phenoxy) is 3. The van der Waals surface area contributed by atoms with Crippen molar-refractivity contribution in [1.29, 1.82) is 0 Å². The number of aliphatic hydroxyl groups is 1. The number of methoxy groups -OCH3 is 2. The van der Waals surface area contributed by atoms with Gasteiger partial charge in [0.05, 0.1) is 26.4 Å². The summed E-state index contributed by atoms with van der Waals surface area (Å²) in [4.78, 5) is 0. The molecule has 0 aliphatic carbocycles. The predicted octanol–water partition coefficient (Wildman–Crippen LogP) is 3.40. The van der Waals surface area contributed by atoms with Gasteiger partial charge in [0, 0.05) is 18.6 Å². The third kappa shape index (κ3) is 3.93. The molecule has 132 valence electrons. The van der Waals surface area contributed by atoms with Gasteiger partial charge in [0.15, 0.2) is 0 Å². The summed E-state index contributed by atoms with van der Waals surface area (Å²) >= 11 is 0. The van der Waals surface area contributed by atoms with Gasteiger partial charge in [-0.15, -0.1) is 0 Å². The Balaban J connectivity index is 2.00. The molecule has 4 heteroatoms. The monoisotopic (exact) mass is 340 g/mol. The average Bonchev–Trinajstić information content (AvgIpc) is 2.66. The largest absolute Gasteiger partial charge is 0.496 e. The van der Waals surface area contributed by atoms with E-state index in [-0.39, 0.29) is 18.6 Å². The number of rotatable bonds is 6. The maximum atomic E-state index is 10.5. The highest BCUT2D eigenvalue weighted by molar-refractivity contribution is 5.54. The van der Waals surface area contributed by atoms with Crippen molar-refractivity contribution in [2.75, 3.05) is 20.8 Å². The van der Waals surface area contributed by atoms with E-state index in [2.05, 4.69) is 12.2 Å². The van der Waals surface area contributed by atoms with E-state index in [1.54, 1.807) is 14.2 Å². The van der Waals surface area contributed by atoms with Gasteiger partial charge in [0.25, 0.3) is 0 Å². The van der Waals surface area contributed by atoms with E-state index in [9.17, 15) is 5.11 Å². The number of aliphatic hydroxyl groups excluding tert-OH is 1. The van der Waals surface area contributed by atoms with Crippen LogP contribution in [0.5, 0.6) is 5.75 Å². The van der Waals surface area contributed by atoms with E-state index in [0.717, 1.165) is 22.4 Å². The first-order valence-electron chi connectivity index (χ1n) is 8.42. The summed E-state index contributed by atoms with van der Waals surface area (Å²) < 4.78 is 16.7. The van der Waals surface area contributed by atoms with Crippen LogP contribution in [0, 0.1) is 0 Å². The first-order valence-corrected chi connectivity index (χ1v) is 8.42. The Hall–Kier alpha value is -2.14. The molecule has 1 heterocycles. The van der Waals surface area contributed by atoms with Crippen LogP contribution in [0.3, 0.4) is 0 Å². The molecule has 0 saturated carbocycles. The maximum Gasteiger partial charge on any atom is 0.123 e. The van der Waals surface area contributed by atoms with Gasteiger partial charge in [-0.25, -0.2) is 0 Å². The van der Waals surface area contributed by atoms with E-state index in [1.165, 1.54) is 0 Å². The van der Waals surface area contributed by atoms with Crippen molar-refractivity contribution < 1.29 is 19.3 Å². The summed E-state index contributed by atoms with van der Waals surface area (Å²) in [6.07, 6.45) is 3.04. The van der Waals surface area contributed by atoms with Crippen LogP contribution >= 0.6 is 0 Å². The third-order valence-corrected chi connectivity index (χ3v) is 4.51. The van der Waals surface area contributed by atoms with Crippen LogP contribution in [-0.4, -0.2) is 38.1 Å². The van der Waals surface area contributed by atoms with Crippen molar-refractivity contribution >= 4 is 6.08 Å². The van der Waals surface area contributed by atoms with Gasteiger partial charge in [0.2, 0.25) is 0 Å². The van der Waals surface area contributed by atoms with Gasteiger partial charge in [-0.2, -0.15) is 0 Å². The van der Waals surface area contributed by atoms with Crippen LogP contribution in [0.2, 0.25) is 0 Å². The molecule has 4 nitrogen and oxygen atoms in total. The molecule has 1 aliphatic rings. The summed E-state index contributed by atoms with van der Waals surface area (Å²) in [5.74, 6) is 0.698. The highest BCUT2D eigenvalue weighted by Gasteiger charge is 2.35. The number of hydrogen-bond acceptors (Lipinski definition) is 4. The van der Waals surface area contributed by atoms with Crippen LogP contribution < -0.4 is 4.74 Å². The summed E-state index contributed by atoms with van der Waals surface area (Å²) in [5.41, 5.74) is 3.26. The molecule has 1 aliphatic heterocycles. The minimum absolute atomic E-state index is 0.120. The lowest BCUT2D eigenvalue weighted by Gasteiger charge is -2.35. The zero-order valence-corrected chi connectivity index (χ0v) is 14.6. The first kappa shape index (κ1) is 17.7. The molecule has 0 fully saturated rings. The second kappa shape index (κ2) is 8.30. The Kier molecular flexibility index (Phi) is 5.87. The highest BCUT2D eigenvalue weighted by Crippen LogP contribution is 2.40. The molecule has 0 unspecified atom stereocenters. The number of benzene rings is 2. The molecule has 2 aromatic rings. The summed E-state index contributed by atoms with van der Waals surface area (Å²) in [6.45, 7) is 0.679. The van der Waals surface area contributed by atoms with Crippen LogP contribution in [-0.2, 0) is 16.1 Å². The van der Waals surface area contributed by atoms with Crippen molar-refractivity contribution in [2.24, 2.45) is 0 Å². The molecule has 3 rings (SSSR count). The minimum Gasteiger partial charge on any atom is -0.496 e. The van der Waals surface area contributed by atoms with Crippen LogP contribution in [0.25, 0.3) is 6.08 Å². The molecule has 0 aromatic heterocycles. The standard InChI is InChI=1S/C21H24O4/c1-23-14-18(22)21-17(12-11-15-7-4-3-5-8-15)20-16(13-25-21)9-6-10-19(20)24-2/h3-12,17-18,21-22H,13-14H2,1-2H3/b12-11+/t17-,18+,21-/m0/s1. The summed E-state index contributed by atoms with van der Waals surface area (Å²) in [7, 11) is 3.25. The van der Waals surface area contributed by atoms with E-state index in [0.29, 0.717) is 6.61 Å². The fraction of sp³-hybridized carbons (Fsp3) is 0.333. The molecule has 0 radical (unpaired) electrons. The Bertz CT molecular complexity index is 697. The quantitative estimate of drug-likeness (QED) is 0.876. The average molecular weight is 340 g/mol. The van der Waals surface area contributed by atoms with Crippen molar-refractivity contribution in [3.8, 4) is 5.75 Å². The van der Waals surface area contributed by atoms with Gasteiger partial charge in [-0.3, -0.25) is 0 Å². The lowest BCUT2D eigenvalue weighted by Crippen LogP contribution is -2.40. The third-order valence-electron chi connectivity index (χ3n) is 4.51. The SMILES string of the molecule is COC[C@@H](O)[C@H]1OCc2cccc(OC)c2[C@@H]1/C=C/c1ccccc1. The van der Waals surface area contributed by atoms with Gasteiger partial charge < -0.3 is 19.3 Å². The first-order chi connectivity index (χ1) is 12.2. The number of hydrogen-bond donors (Lipinski definition) is 1. The number of fused-ring (bicyclic) bond motifs is 1. The molecule has 3 atom stereocenters. The van der Waals surface area contributed by atoms with Crippen molar-refractivity contribution in [2.45, 2.75) is 24.7 Å². The van der Waals surface area contributed by atoms with Gasteiger partial charge in [-0.1, -0.05) is 54.6 Å². The van der Waals surface area contributed by atoms with Crippen molar-refractivity contribution in [3.05, 3.63) is 71.3 Å². The van der Waals surface area contributed by atoms with E-state index >= 15 is 0 Å². The summed E-state index contributed by atoms with van der Waals surface area (Å²) in [5, 5.41) is 10.5. The molecule has 25 heavy (non-hydrogen) atoms. The zero-order chi connectivity index (χ0) is 17.6. The van der Waals surface area contributed by atoms with Crippen molar-refractivity contribution in [1.82, 2.24) is 0 Å². The van der Waals surface area contributed by atoms with E-state index in [1.807, 2.05) is 48.5 Å².